The van der Waals surface area contributed by atoms with Crippen LogP contribution >= 0.6 is 15.9 Å². The van der Waals surface area contributed by atoms with E-state index in [-0.39, 0.29) is 24.6 Å². The molecule has 0 bridgehead atoms. The van der Waals surface area contributed by atoms with Crippen molar-refractivity contribution >= 4 is 31.9 Å². The Labute approximate surface area is 114 Å². The second kappa shape index (κ2) is 4.99. The maximum Gasteiger partial charge on any atom is 0.321 e. The van der Waals surface area contributed by atoms with E-state index in [1.165, 1.54) is 0 Å². The highest BCUT2D eigenvalue weighted by molar-refractivity contribution is 9.10. The number of hydrogen-bond acceptors (Lipinski definition) is 4. The summed E-state index contributed by atoms with van der Waals surface area (Å²) in [5, 5.41) is 0. The van der Waals surface area contributed by atoms with Crippen LogP contribution in [-0.2, 0) is 26.1 Å². The molecule has 1 aliphatic heterocycles. The Kier molecular flexibility index (Phi) is 3.74. The van der Waals surface area contributed by atoms with Gasteiger partial charge in [0.2, 0.25) is 10.0 Å². The Bertz CT molecular complexity index is 585. The summed E-state index contributed by atoms with van der Waals surface area (Å²) in [4.78, 5) is 11.6. The fourth-order valence-corrected chi connectivity index (χ4v) is 3.92. The van der Waals surface area contributed by atoms with Crippen LogP contribution in [0, 0.1) is 0 Å². The molecule has 0 radical (unpaired) electrons. The van der Waals surface area contributed by atoms with E-state index in [1.54, 1.807) is 25.1 Å². The fraction of sp³-hybridized carbons (Fsp3) is 0.364. The highest BCUT2D eigenvalue weighted by Crippen LogP contribution is 2.32. The van der Waals surface area contributed by atoms with Gasteiger partial charge in [-0.3, -0.25) is 4.79 Å². The largest absolute Gasteiger partial charge is 0.465 e. The molecule has 0 N–H and O–H groups in total. The van der Waals surface area contributed by atoms with Crippen molar-refractivity contribution < 1.29 is 17.9 Å². The third-order valence-corrected chi connectivity index (χ3v) is 4.97. The monoisotopic (exact) mass is 333 g/mol. The topological polar surface area (TPSA) is 63.7 Å². The first-order valence-electron chi connectivity index (χ1n) is 5.39. The van der Waals surface area contributed by atoms with Gasteiger partial charge in [0.05, 0.1) is 11.5 Å². The lowest BCUT2D eigenvalue weighted by Crippen LogP contribution is -2.31. The molecule has 1 heterocycles. The zero-order valence-electron chi connectivity index (χ0n) is 9.72. The SMILES string of the molecule is CCOC(=O)CN1Cc2ccc(Br)cc2S1(=O)=O. The number of benzene rings is 1. The summed E-state index contributed by atoms with van der Waals surface area (Å²) in [6.45, 7) is 1.89. The van der Waals surface area contributed by atoms with Crippen molar-refractivity contribution in [3.63, 3.8) is 0 Å². The van der Waals surface area contributed by atoms with Crippen LogP contribution in [0.5, 0.6) is 0 Å². The van der Waals surface area contributed by atoms with E-state index in [0.29, 0.717) is 10.0 Å². The summed E-state index contributed by atoms with van der Waals surface area (Å²) >= 11 is 3.24. The van der Waals surface area contributed by atoms with E-state index < -0.39 is 16.0 Å². The van der Waals surface area contributed by atoms with Crippen LogP contribution in [0.15, 0.2) is 27.6 Å². The Morgan fingerprint density at radius 1 is 1.50 bits per heavy atom. The fourth-order valence-electron chi connectivity index (χ4n) is 1.80. The minimum Gasteiger partial charge on any atom is -0.465 e. The predicted molar refractivity (Wildman–Crippen MR) is 68.4 cm³/mol. The number of esters is 1. The van der Waals surface area contributed by atoms with Gasteiger partial charge in [-0.1, -0.05) is 22.0 Å². The lowest BCUT2D eigenvalue weighted by atomic mass is 10.2. The average molecular weight is 334 g/mol. The van der Waals surface area contributed by atoms with Crippen molar-refractivity contribution in [2.75, 3.05) is 13.2 Å². The number of ether oxygens (including phenoxy) is 1. The van der Waals surface area contributed by atoms with Gasteiger partial charge >= 0.3 is 5.97 Å². The zero-order chi connectivity index (χ0) is 13.3. The minimum atomic E-state index is -3.58. The molecule has 7 heteroatoms. The number of hydrogen-bond donors (Lipinski definition) is 0. The molecule has 18 heavy (non-hydrogen) atoms. The lowest BCUT2D eigenvalue weighted by molar-refractivity contribution is -0.143. The lowest BCUT2D eigenvalue weighted by Gasteiger charge is -2.12. The molecule has 98 valence electrons. The molecular formula is C11H12BrNO4S. The predicted octanol–water partition coefficient (Wildman–Crippen LogP) is 1.52. The van der Waals surface area contributed by atoms with Gasteiger partial charge in [0.1, 0.15) is 6.54 Å². The highest BCUT2D eigenvalue weighted by atomic mass is 79.9. The number of halogens is 1. The Morgan fingerprint density at radius 2 is 2.22 bits per heavy atom. The van der Waals surface area contributed by atoms with Crippen molar-refractivity contribution in [2.45, 2.75) is 18.4 Å². The molecule has 0 aromatic heterocycles. The van der Waals surface area contributed by atoms with Gasteiger partial charge in [0.15, 0.2) is 0 Å². The maximum atomic E-state index is 12.2. The van der Waals surface area contributed by atoms with E-state index in [2.05, 4.69) is 15.9 Å². The molecule has 0 unspecified atom stereocenters. The molecule has 0 amide bonds. The summed E-state index contributed by atoms with van der Waals surface area (Å²) in [6.07, 6.45) is 0. The molecule has 0 saturated heterocycles. The average Bonchev–Trinajstić information content (AvgIpc) is 2.52. The van der Waals surface area contributed by atoms with Crippen LogP contribution in [0.25, 0.3) is 0 Å². The van der Waals surface area contributed by atoms with E-state index >= 15 is 0 Å². The Balaban J connectivity index is 2.27. The summed E-state index contributed by atoms with van der Waals surface area (Å²) in [5.74, 6) is -0.534. The van der Waals surface area contributed by atoms with Gasteiger partial charge in [0, 0.05) is 11.0 Å². The molecule has 5 nitrogen and oxygen atoms in total. The van der Waals surface area contributed by atoms with Crippen LogP contribution in [0.3, 0.4) is 0 Å². The van der Waals surface area contributed by atoms with Crippen LogP contribution in [0.4, 0.5) is 0 Å². The molecule has 0 spiro atoms. The summed E-state index contributed by atoms with van der Waals surface area (Å²) in [5.41, 5.74) is 0.697. The van der Waals surface area contributed by atoms with E-state index in [9.17, 15) is 13.2 Å². The molecule has 1 aromatic carbocycles. The third-order valence-electron chi connectivity index (χ3n) is 2.60. The van der Waals surface area contributed by atoms with Crippen LogP contribution in [-0.4, -0.2) is 31.8 Å². The molecule has 0 saturated carbocycles. The smallest absolute Gasteiger partial charge is 0.321 e. The first-order chi connectivity index (χ1) is 8.45. The van der Waals surface area contributed by atoms with Gasteiger partial charge in [0.25, 0.3) is 0 Å². The van der Waals surface area contributed by atoms with Gasteiger partial charge in [-0.25, -0.2) is 8.42 Å². The number of fused-ring (bicyclic) bond motifs is 1. The highest BCUT2D eigenvalue weighted by Gasteiger charge is 2.36. The third kappa shape index (κ3) is 2.43. The number of carbonyl (C=O) groups excluding carboxylic acids is 1. The summed E-state index contributed by atoms with van der Waals surface area (Å²) in [6, 6.07) is 5.07. The van der Waals surface area contributed by atoms with Gasteiger partial charge in [-0.05, 0) is 24.6 Å². The van der Waals surface area contributed by atoms with Crippen LogP contribution in [0.1, 0.15) is 12.5 Å². The van der Waals surface area contributed by atoms with Crippen molar-refractivity contribution in [3.8, 4) is 0 Å². The summed E-state index contributed by atoms with van der Waals surface area (Å²) < 4.78 is 30.9. The van der Waals surface area contributed by atoms with Crippen molar-refractivity contribution in [3.05, 3.63) is 28.2 Å². The molecule has 2 rings (SSSR count). The molecule has 0 fully saturated rings. The number of rotatable bonds is 3. The second-order valence-corrected chi connectivity index (χ2v) is 6.65. The van der Waals surface area contributed by atoms with E-state index in [0.717, 1.165) is 4.31 Å². The molecule has 1 aromatic rings. The number of sulfonamides is 1. The van der Waals surface area contributed by atoms with Crippen molar-refractivity contribution in [2.24, 2.45) is 0 Å². The summed E-state index contributed by atoms with van der Waals surface area (Å²) in [7, 11) is -3.58. The van der Waals surface area contributed by atoms with Crippen molar-refractivity contribution in [1.82, 2.24) is 4.31 Å². The Morgan fingerprint density at radius 3 is 2.89 bits per heavy atom. The first-order valence-corrected chi connectivity index (χ1v) is 7.62. The zero-order valence-corrected chi connectivity index (χ0v) is 12.1. The molecule has 0 aliphatic carbocycles. The quantitative estimate of drug-likeness (QED) is 0.786. The second-order valence-electron chi connectivity index (χ2n) is 3.83. The number of carbonyl (C=O) groups is 1. The minimum absolute atomic E-state index is 0.212. The maximum absolute atomic E-state index is 12.2. The van der Waals surface area contributed by atoms with Gasteiger partial charge in [-0.2, -0.15) is 4.31 Å². The van der Waals surface area contributed by atoms with Crippen LogP contribution < -0.4 is 0 Å². The molecule has 0 atom stereocenters. The van der Waals surface area contributed by atoms with E-state index in [1.807, 2.05) is 0 Å². The van der Waals surface area contributed by atoms with Gasteiger partial charge in [-0.15, -0.1) is 0 Å². The number of nitrogens with zero attached hydrogens (tertiary/aromatic N) is 1. The normalized spacial score (nSPS) is 17.4. The first kappa shape index (κ1) is 13.5. The van der Waals surface area contributed by atoms with E-state index in [4.69, 9.17) is 4.74 Å². The standard InChI is InChI=1S/C11H12BrNO4S/c1-2-17-11(14)7-13-6-8-3-4-9(12)5-10(8)18(13,15)16/h3-5H,2,6-7H2,1H3. The van der Waals surface area contributed by atoms with Crippen LogP contribution in [0.2, 0.25) is 0 Å². The Hall–Kier alpha value is -0.920. The molecule has 1 aliphatic rings. The van der Waals surface area contributed by atoms with Gasteiger partial charge < -0.3 is 4.74 Å². The molecular weight excluding hydrogens is 322 g/mol. The van der Waals surface area contributed by atoms with Crippen molar-refractivity contribution in [1.29, 1.82) is 0 Å².